The van der Waals surface area contributed by atoms with Gasteiger partial charge in [0.25, 0.3) is 0 Å². The summed E-state index contributed by atoms with van der Waals surface area (Å²) in [7, 11) is 0. The molecule has 2 N–H and O–H groups in total. The van der Waals surface area contributed by atoms with Gasteiger partial charge in [-0.15, -0.1) is 22.6 Å². The maximum Gasteiger partial charge on any atom is 0.147 e. The van der Waals surface area contributed by atoms with Crippen LogP contribution in [0.2, 0.25) is 0 Å². The summed E-state index contributed by atoms with van der Waals surface area (Å²) in [6, 6.07) is 12.5. The Kier molecular flexibility index (Phi) is 5.75. The second-order valence-electron chi connectivity index (χ2n) is 7.50. The van der Waals surface area contributed by atoms with E-state index in [0.29, 0.717) is 5.92 Å². The van der Waals surface area contributed by atoms with Gasteiger partial charge >= 0.3 is 0 Å². The molecule has 2 aromatic heterocycles. The van der Waals surface area contributed by atoms with Gasteiger partial charge in [-0.3, -0.25) is 10.00 Å². The molecule has 4 heterocycles. The summed E-state index contributed by atoms with van der Waals surface area (Å²) in [5.41, 5.74) is 3.35. The molecule has 0 radical (unpaired) electrons. The van der Waals surface area contributed by atoms with Crippen molar-refractivity contribution in [1.82, 2.24) is 35.2 Å². The molecular weight excluding hydrogens is 374 g/mol. The highest BCUT2D eigenvalue weighted by atomic mass is 35.5. The minimum atomic E-state index is 0. The third-order valence-electron chi connectivity index (χ3n) is 5.70. The van der Waals surface area contributed by atoms with Crippen molar-refractivity contribution >= 4 is 12.4 Å². The molecule has 8 heteroatoms. The summed E-state index contributed by atoms with van der Waals surface area (Å²) in [4.78, 5) is 2.51. The number of hydrogen-bond acceptors (Lipinski definition) is 5. The number of likely N-dealkylation sites (tertiary alicyclic amines) is 1. The van der Waals surface area contributed by atoms with Gasteiger partial charge in [0, 0.05) is 36.8 Å². The summed E-state index contributed by atoms with van der Waals surface area (Å²) < 4.78 is 2.33. The second-order valence-corrected chi connectivity index (χ2v) is 7.50. The minimum Gasteiger partial charge on any atom is -0.312 e. The maximum absolute atomic E-state index is 4.51. The number of aromatic amines is 1. The Morgan fingerprint density at radius 2 is 1.86 bits per heavy atom. The van der Waals surface area contributed by atoms with E-state index in [9.17, 15) is 0 Å². The van der Waals surface area contributed by atoms with E-state index in [1.807, 2.05) is 18.2 Å². The molecule has 0 atom stereocenters. The lowest BCUT2D eigenvalue weighted by atomic mass is 9.95. The van der Waals surface area contributed by atoms with E-state index < -0.39 is 0 Å². The van der Waals surface area contributed by atoms with Crippen LogP contribution in [0, 0.1) is 0 Å². The van der Waals surface area contributed by atoms with Crippen molar-refractivity contribution in [1.29, 1.82) is 0 Å². The first-order valence-electron chi connectivity index (χ1n) is 9.81. The predicted molar refractivity (Wildman–Crippen MR) is 110 cm³/mol. The summed E-state index contributed by atoms with van der Waals surface area (Å²) in [5, 5.41) is 19.9. The number of nitrogens with one attached hydrogen (secondary N) is 2. The topological polar surface area (TPSA) is 74.7 Å². The Balaban J connectivity index is 0.00000192. The molecule has 1 aromatic carbocycles. The van der Waals surface area contributed by atoms with Crippen molar-refractivity contribution in [2.24, 2.45) is 0 Å². The van der Waals surface area contributed by atoms with Crippen LogP contribution in [0.15, 0.2) is 36.4 Å². The van der Waals surface area contributed by atoms with E-state index >= 15 is 0 Å². The van der Waals surface area contributed by atoms with Crippen molar-refractivity contribution in [3.8, 4) is 11.3 Å². The molecule has 0 spiro atoms. The minimum absolute atomic E-state index is 0. The largest absolute Gasteiger partial charge is 0.312 e. The molecule has 5 rings (SSSR count). The van der Waals surface area contributed by atoms with Crippen LogP contribution in [0.5, 0.6) is 0 Å². The summed E-state index contributed by atoms with van der Waals surface area (Å²) in [6.07, 6.45) is 2.29. The molecule has 1 fully saturated rings. The predicted octanol–water partition coefficient (Wildman–Crippen LogP) is 2.57. The van der Waals surface area contributed by atoms with E-state index in [-0.39, 0.29) is 12.4 Å². The number of aromatic nitrogens is 5. The highest BCUT2D eigenvalue weighted by Crippen LogP contribution is 2.28. The van der Waals surface area contributed by atoms with Crippen LogP contribution in [0.25, 0.3) is 11.3 Å². The number of rotatable bonds is 4. The highest BCUT2D eigenvalue weighted by molar-refractivity contribution is 5.85. The summed E-state index contributed by atoms with van der Waals surface area (Å²) in [5.74, 6) is 2.81. The Bertz CT molecular complexity index is 896. The van der Waals surface area contributed by atoms with Gasteiger partial charge in [-0.05, 0) is 32.0 Å². The Morgan fingerprint density at radius 1 is 1.04 bits per heavy atom. The lowest BCUT2D eigenvalue weighted by Gasteiger charge is -2.31. The third kappa shape index (κ3) is 3.83. The molecule has 3 aromatic rings. The SMILES string of the molecule is Cl.c1ccc(-c2cc(CN3CCC(c4nnc5n4CCNC5)CC3)[nH]n2)cc1. The number of H-pyrrole nitrogens is 1. The number of benzene rings is 1. The van der Waals surface area contributed by atoms with E-state index in [1.54, 1.807) is 0 Å². The van der Waals surface area contributed by atoms with Crippen molar-refractivity contribution in [2.75, 3.05) is 19.6 Å². The van der Waals surface area contributed by atoms with Gasteiger partial charge in [0.1, 0.15) is 11.6 Å². The zero-order chi connectivity index (χ0) is 18.1. The van der Waals surface area contributed by atoms with Crippen molar-refractivity contribution in [3.63, 3.8) is 0 Å². The number of hydrogen-bond donors (Lipinski definition) is 2. The number of halogens is 1. The number of piperidine rings is 1. The monoisotopic (exact) mass is 399 g/mol. The van der Waals surface area contributed by atoms with Gasteiger partial charge in [0.15, 0.2) is 0 Å². The van der Waals surface area contributed by atoms with E-state index in [0.717, 1.165) is 69.2 Å². The molecule has 0 saturated carbocycles. The summed E-state index contributed by atoms with van der Waals surface area (Å²) in [6.45, 7) is 5.95. The smallest absolute Gasteiger partial charge is 0.147 e. The Labute approximate surface area is 171 Å². The lowest BCUT2D eigenvalue weighted by Crippen LogP contribution is -2.34. The van der Waals surface area contributed by atoms with Crippen molar-refractivity contribution < 1.29 is 0 Å². The van der Waals surface area contributed by atoms with Gasteiger partial charge in [-0.1, -0.05) is 30.3 Å². The molecule has 0 bridgehead atoms. The zero-order valence-corrected chi connectivity index (χ0v) is 16.7. The van der Waals surface area contributed by atoms with Gasteiger partial charge in [0.05, 0.1) is 12.2 Å². The quantitative estimate of drug-likeness (QED) is 0.705. The Hall–Kier alpha value is -2.22. The molecule has 0 aliphatic carbocycles. The fourth-order valence-corrected chi connectivity index (χ4v) is 4.21. The maximum atomic E-state index is 4.51. The van der Waals surface area contributed by atoms with E-state index in [4.69, 9.17) is 0 Å². The molecule has 2 aliphatic rings. The van der Waals surface area contributed by atoms with Crippen LogP contribution in [0.4, 0.5) is 0 Å². The fraction of sp³-hybridized carbons (Fsp3) is 0.450. The average molecular weight is 400 g/mol. The van der Waals surface area contributed by atoms with E-state index in [2.05, 4.69) is 53.4 Å². The molecule has 148 valence electrons. The van der Waals surface area contributed by atoms with E-state index in [1.165, 1.54) is 11.5 Å². The fourth-order valence-electron chi connectivity index (χ4n) is 4.21. The molecular formula is C20H26ClN7. The zero-order valence-electron chi connectivity index (χ0n) is 15.8. The van der Waals surface area contributed by atoms with Crippen molar-refractivity contribution in [3.05, 3.63) is 53.7 Å². The van der Waals surface area contributed by atoms with Crippen LogP contribution in [-0.2, 0) is 19.6 Å². The van der Waals surface area contributed by atoms with Gasteiger partial charge in [-0.2, -0.15) is 5.10 Å². The first-order chi connectivity index (χ1) is 13.4. The molecule has 0 amide bonds. The third-order valence-corrected chi connectivity index (χ3v) is 5.70. The van der Waals surface area contributed by atoms with Crippen LogP contribution in [0.1, 0.15) is 36.1 Å². The molecule has 1 saturated heterocycles. The van der Waals surface area contributed by atoms with Crippen molar-refractivity contribution in [2.45, 2.75) is 38.4 Å². The van der Waals surface area contributed by atoms with Crippen LogP contribution < -0.4 is 5.32 Å². The molecule has 28 heavy (non-hydrogen) atoms. The number of fused-ring (bicyclic) bond motifs is 1. The van der Waals surface area contributed by atoms with Crippen LogP contribution >= 0.6 is 12.4 Å². The van der Waals surface area contributed by atoms with Crippen LogP contribution in [-0.4, -0.2) is 49.5 Å². The van der Waals surface area contributed by atoms with Gasteiger partial charge < -0.3 is 9.88 Å². The Morgan fingerprint density at radius 3 is 2.68 bits per heavy atom. The normalized spacial score (nSPS) is 17.9. The molecule has 2 aliphatic heterocycles. The number of nitrogens with zero attached hydrogens (tertiary/aromatic N) is 5. The molecule has 7 nitrogen and oxygen atoms in total. The lowest BCUT2D eigenvalue weighted by molar-refractivity contribution is 0.197. The van der Waals surface area contributed by atoms with Gasteiger partial charge in [0.2, 0.25) is 0 Å². The molecule has 0 unspecified atom stereocenters. The van der Waals surface area contributed by atoms with Gasteiger partial charge in [-0.25, -0.2) is 0 Å². The average Bonchev–Trinajstić information content (AvgIpc) is 3.37. The first-order valence-corrected chi connectivity index (χ1v) is 9.81. The van der Waals surface area contributed by atoms with Crippen LogP contribution in [0.3, 0.4) is 0 Å². The highest BCUT2D eigenvalue weighted by Gasteiger charge is 2.27. The first kappa shape index (κ1) is 19.1. The second kappa shape index (κ2) is 8.43. The standard InChI is InChI=1S/C20H25N7.ClH/c1-2-4-15(5-3-1)18-12-17(22-23-18)14-26-9-6-16(7-10-26)20-25-24-19-13-21-8-11-27(19)20;/h1-5,12,16,21H,6-11,13-14H2,(H,22,23);1H. The summed E-state index contributed by atoms with van der Waals surface area (Å²) >= 11 is 0.